The van der Waals surface area contributed by atoms with Gasteiger partial charge in [-0.2, -0.15) is 0 Å². The zero-order valence-corrected chi connectivity index (χ0v) is 9.38. The molecular formula is C11H23NO2. The van der Waals surface area contributed by atoms with Crippen LogP contribution in [0.3, 0.4) is 0 Å². The molecule has 1 aliphatic heterocycles. The van der Waals surface area contributed by atoms with Gasteiger partial charge in [0.1, 0.15) is 0 Å². The maximum atomic E-state index is 10.1. The summed E-state index contributed by atoms with van der Waals surface area (Å²) in [5.74, 6) is 0. The van der Waals surface area contributed by atoms with E-state index in [4.69, 9.17) is 4.74 Å². The minimum Gasteiger partial charge on any atom is -0.389 e. The summed E-state index contributed by atoms with van der Waals surface area (Å²) in [6.45, 7) is 6.52. The second-order valence-corrected chi connectivity index (χ2v) is 4.51. The molecule has 1 rings (SSSR count). The quantitative estimate of drug-likeness (QED) is 0.637. The van der Waals surface area contributed by atoms with E-state index < -0.39 is 5.60 Å². The smallest absolute Gasteiger partial charge is 0.0768 e. The zero-order valence-electron chi connectivity index (χ0n) is 9.38. The van der Waals surface area contributed by atoms with Crippen molar-refractivity contribution < 1.29 is 9.84 Å². The fourth-order valence-electron chi connectivity index (χ4n) is 1.90. The average molecular weight is 201 g/mol. The van der Waals surface area contributed by atoms with Crippen LogP contribution in [-0.4, -0.2) is 36.5 Å². The number of nitrogens with one attached hydrogen (secondary N) is 1. The van der Waals surface area contributed by atoms with Gasteiger partial charge in [-0.25, -0.2) is 0 Å². The van der Waals surface area contributed by atoms with Gasteiger partial charge in [0, 0.05) is 19.6 Å². The summed E-state index contributed by atoms with van der Waals surface area (Å²) in [5.41, 5.74) is -0.621. The van der Waals surface area contributed by atoms with Crippen LogP contribution in [0.5, 0.6) is 0 Å². The first kappa shape index (κ1) is 12.0. The van der Waals surface area contributed by atoms with Gasteiger partial charge in [0.2, 0.25) is 0 Å². The highest BCUT2D eigenvalue weighted by Gasteiger charge is 2.27. The van der Waals surface area contributed by atoms with Crippen LogP contribution in [0.25, 0.3) is 0 Å². The fraction of sp³-hybridized carbons (Fsp3) is 1.00. The van der Waals surface area contributed by atoms with Crippen LogP contribution in [0.2, 0.25) is 0 Å². The van der Waals surface area contributed by atoms with E-state index in [1.54, 1.807) is 0 Å². The van der Waals surface area contributed by atoms with E-state index in [2.05, 4.69) is 12.2 Å². The minimum atomic E-state index is -0.621. The largest absolute Gasteiger partial charge is 0.389 e. The molecule has 0 aromatic carbocycles. The summed E-state index contributed by atoms with van der Waals surface area (Å²) in [4.78, 5) is 0. The van der Waals surface area contributed by atoms with E-state index in [1.807, 2.05) is 6.92 Å². The van der Waals surface area contributed by atoms with Crippen LogP contribution in [0, 0.1) is 0 Å². The summed E-state index contributed by atoms with van der Waals surface area (Å²) in [7, 11) is 0. The minimum absolute atomic E-state index is 0.272. The van der Waals surface area contributed by atoms with Crippen molar-refractivity contribution in [1.82, 2.24) is 5.32 Å². The predicted octanol–water partition coefficient (Wildman–Crippen LogP) is 1.31. The SMILES string of the molecule is CCCNCC(C)(O)CC1CCCO1. The van der Waals surface area contributed by atoms with Crippen molar-refractivity contribution in [3.63, 3.8) is 0 Å². The molecule has 1 heterocycles. The van der Waals surface area contributed by atoms with E-state index in [0.29, 0.717) is 6.54 Å². The van der Waals surface area contributed by atoms with Crippen molar-refractivity contribution >= 4 is 0 Å². The van der Waals surface area contributed by atoms with Gasteiger partial charge < -0.3 is 15.2 Å². The maximum Gasteiger partial charge on any atom is 0.0768 e. The van der Waals surface area contributed by atoms with Crippen molar-refractivity contribution in [2.45, 2.75) is 51.2 Å². The average Bonchev–Trinajstić information content (AvgIpc) is 2.56. The lowest BCUT2D eigenvalue weighted by molar-refractivity contribution is -0.00575. The number of ether oxygens (including phenoxy) is 1. The Labute approximate surface area is 86.8 Å². The summed E-state index contributed by atoms with van der Waals surface area (Å²) in [5, 5.41) is 13.3. The molecule has 0 amide bonds. The lowest BCUT2D eigenvalue weighted by Gasteiger charge is -2.26. The lowest BCUT2D eigenvalue weighted by atomic mass is 9.97. The third kappa shape index (κ3) is 4.40. The van der Waals surface area contributed by atoms with Crippen LogP contribution in [0.1, 0.15) is 39.5 Å². The number of aliphatic hydroxyl groups is 1. The third-order valence-electron chi connectivity index (χ3n) is 2.62. The summed E-state index contributed by atoms with van der Waals surface area (Å²) in [6, 6.07) is 0. The highest BCUT2D eigenvalue weighted by atomic mass is 16.5. The molecule has 2 N–H and O–H groups in total. The Morgan fingerprint density at radius 3 is 2.93 bits per heavy atom. The van der Waals surface area contributed by atoms with Crippen LogP contribution in [0.4, 0.5) is 0 Å². The molecule has 0 aromatic heterocycles. The molecule has 0 spiro atoms. The molecule has 0 saturated carbocycles. The van der Waals surface area contributed by atoms with E-state index in [-0.39, 0.29) is 6.10 Å². The molecule has 0 aromatic rings. The number of hydrogen-bond acceptors (Lipinski definition) is 3. The first-order chi connectivity index (χ1) is 6.64. The number of hydrogen-bond donors (Lipinski definition) is 2. The van der Waals surface area contributed by atoms with Gasteiger partial charge in [-0.15, -0.1) is 0 Å². The van der Waals surface area contributed by atoms with Crippen molar-refractivity contribution in [1.29, 1.82) is 0 Å². The van der Waals surface area contributed by atoms with E-state index in [9.17, 15) is 5.11 Å². The van der Waals surface area contributed by atoms with E-state index in [0.717, 1.165) is 38.8 Å². The van der Waals surface area contributed by atoms with Gasteiger partial charge in [-0.3, -0.25) is 0 Å². The van der Waals surface area contributed by atoms with E-state index in [1.165, 1.54) is 0 Å². The van der Waals surface area contributed by atoms with Crippen LogP contribution in [-0.2, 0) is 4.74 Å². The molecule has 14 heavy (non-hydrogen) atoms. The lowest BCUT2D eigenvalue weighted by Crippen LogP contribution is -2.40. The first-order valence-corrected chi connectivity index (χ1v) is 5.69. The van der Waals surface area contributed by atoms with Crippen LogP contribution in [0.15, 0.2) is 0 Å². The molecule has 1 saturated heterocycles. The summed E-state index contributed by atoms with van der Waals surface area (Å²) < 4.78 is 5.51. The first-order valence-electron chi connectivity index (χ1n) is 5.69. The second-order valence-electron chi connectivity index (χ2n) is 4.51. The molecule has 3 nitrogen and oxygen atoms in total. The summed E-state index contributed by atoms with van der Waals surface area (Å²) in [6.07, 6.45) is 4.38. The van der Waals surface area contributed by atoms with Gasteiger partial charge >= 0.3 is 0 Å². The van der Waals surface area contributed by atoms with Crippen LogP contribution < -0.4 is 5.32 Å². The normalized spacial score (nSPS) is 26.4. The molecular weight excluding hydrogens is 178 g/mol. The Balaban J connectivity index is 2.18. The Bertz CT molecular complexity index is 153. The third-order valence-corrected chi connectivity index (χ3v) is 2.62. The highest BCUT2D eigenvalue weighted by Crippen LogP contribution is 2.21. The second kappa shape index (κ2) is 5.69. The number of rotatable bonds is 6. The molecule has 2 atom stereocenters. The van der Waals surface area contributed by atoms with Gasteiger partial charge in [0.15, 0.2) is 0 Å². The molecule has 1 aliphatic rings. The van der Waals surface area contributed by atoms with Gasteiger partial charge in [0.25, 0.3) is 0 Å². The summed E-state index contributed by atoms with van der Waals surface area (Å²) >= 11 is 0. The van der Waals surface area contributed by atoms with Gasteiger partial charge in [-0.1, -0.05) is 6.92 Å². The fourth-order valence-corrected chi connectivity index (χ4v) is 1.90. The molecule has 3 heteroatoms. The Hall–Kier alpha value is -0.120. The molecule has 1 fully saturated rings. The molecule has 0 bridgehead atoms. The van der Waals surface area contributed by atoms with Crippen molar-refractivity contribution in [2.24, 2.45) is 0 Å². The van der Waals surface area contributed by atoms with Crippen LogP contribution >= 0.6 is 0 Å². The maximum absolute atomic E-state index is 10.1. The Morgan fingerprint density at radius 1 is 1.57 bits per heavy atom. The van der Waals surface area contributed by atoms with Gasteiger partial charge in [0.05, 0.1) is 11.7 Å². The highest BCUT2D eigenvalue weighted by molar-refractivity contribution is 4.81. The monoisotopic (exact) mass is 201 g/mol. The van der Waals surface area contributed by atoms with Gasteiger partial charge in [-0.05, 0) is 32.7 Å². The Kier molecular flexibility index (Phi) is 4.85. The van der Waals surface area contributed by atoms with E-state index >= 15 is 0 Å². The molecule has 0 radical (unpaired) electrons. The molecule has 2 unspecified atom stereocenters. The Morgan fingerprint density at radius 2 is 2.36 bits per heavy atom. The topological polar surface area (TPSA) is 41.5 Å². The standard InChI is InChI=1S/C11H23NO2/c1-3-6-12-9-11(2,13)8-10-5-4-7-14-10/h10,12-13H,3-9H2,1-2H3. The van der Waals surface area contributed by atoms with Crippen molar-refractivity contribution in [3.05, 3.63) is 0 Å². The molecule has 84 valence electrons. The van der Waals surface area contributed by atoms with Crippen molar-refractivity contribution in [3.8, 4) is 0 Å². The molecule has 0 aliphatic carbocycles. The van der Waals surface area contributed by atoms with Crippen molar-refractivity contribution in [2.75, 3.05) is 19.7 Å². The predicted molar refractivity (Wildman–Crippen MR) is 57.4 cm³/mol. The zero-order chi connectivity index (χ0) is 10.4.